The lowest BCUT2D eigenvalue weighted by Gasteiger charge is -2.35. The molecule has 0 unspecified atom stereocenters. The summed E-state index contributed by atoms with van der Waals surface area (Å²) in [4.78, 5) is 20.0. The van der Waals surface area contributed by atoms with E-state index in [1.807, 2.05) is 23.1 Å². The summed E-state index contributed by atoms with van der Waals surface area (Å²) in [6.07, 6.45) is 1.74. The van der Waals surface area contributed by atoms with Crippen molar-refractivity contribution in [2.75, 3.05) is 50.7 Å². The summed E-state index contributed by atoms with van der Waals surface area (Å²) in [5.74, 6) is -2.54. The van der Waals surface area contributed by atoms with Gasteiger partial charge in [-0.05, 0) is 12.1 Å². The van der Waals surface area contributed by atoms with Crippen molar-refractivity contribution in [3.05, 3.63) is 24.4 Å². The highest BCUT2D eigenvalue weighted by atomic mass is 19.3. The minimum atomic E-state index is -3.05. The summed E-state index contributed by atoms with van der Waals surface area (Å²) < 4.78 is 25.9. The number of rotatable bonds is 6. The molecule has 6 nitrogen and oxygen atoms in total. The Morgan fingerprint density at radius 2 is 2.05 bits per heavy atom. The van der Waals surface area contributed by atoms with Gasteiger partial charge in [0.25, 0.3) is 5.92 Å². The van der Waals surface area contributed by atoms with Gasteiger partial charge >= 0.3 is 0 Å². The standard InChI is InChI=1S/C14H21F2N5O/c15-14(16,10-17)11-19-13(22)9-20-5-7-21(8-6-20)12-3-1-2-4-18-12/h1-4H,5-11,17H2,(H,19,22). The summed E-state index contributed by atoms with van der Waals surface area (Å²) in [7, 11) is 0. The predicted octanol–water partition coefficient (Wildman–Crippen LogP) is -0.0862. The zero-order valence-corrected chi connectivity index (χ0v) is 12.3. The molecule has 1 aliphatic rings. The number of pyridine rings is 1. The molecule has 1 aliphatic heterocycles. The first-order valence-electron chi connectivity index (χ1n) is 7.23. The summed E-state index contributed by atoms with van der Waals surface area (Å²) in [5.41, 5.74) is 4.92. The van der Waals surface area contributed by atoms with Gasteiger partial charge in [0.05, 0.1) is 19.6 Å². The van der Waals surface area contributed by atoms with E-state index in [0.29, 0.717) is 13.1 Å². The van der Waals surface area contributed by atoms with Gasteiger partial charge in [-0.3, -0.25) is 9.69 Å². The number of carbonyl (C=O) groups is 1. The van der Waals surface area contributed by atoms with Gasteiger partial charge in [0.15, 0.2) is 0 Å². The zero-order valence-electron chi connectivity index (χ0n) is 12.3. The maximum absolute atomic E-state index is 13.0. The number of hydrogen-bond donors (Lipinski definition) is 2. The first kappa shape index (κ1) is 16.6. The van der Waals surface area contributed by atoms with Gasteiger partial charge in [-0.1, -0.05) is 6.07 Å². The quantitative estimate of drug-likeness (QED) is 0.768. The van der Waals surface area contributed by atoms with Crippen LogP contribution in [0.15, 0.2) is 24.4 Å². The highest BCUT2D eigenvalue weighted by molar-refractivity contribution is 5.78. The molecule has 0 aliphatic carbocycles. The Balaban J connectivity index is 1.72. The summed E-state index contributed by atoms with van der Waals surface area (Å²) in [6, 6.07) is 5.73. The molecule has 3 N–H and O–H groups in total. The van der Waals surface area contributed by atoms with Gasteiger partial charge in [-0.15, -0.1) is 0 Å². The van der Waals surface area contributed by atoms with Crippen molar-refractivity contribution in [2.45, 2.75) is 5.92 Å². The fourth-order valence-electron chi connectivity index (χ4n) is 2.23. The smallest absolute Gasteiger partial charge is 0.277 e. The molecule has 8 heteroatoms. The van der Waals surface area contributed by atoms with Crippen LogP contribution in [0.4, 0.5) is 14.6 Å². The molecule has 122 valence electrons. The van der Waals surface area contributed by atoms with Crippen molar-refractivity contribution in [1.82, 2.24) is 15.2 Å². The molecule has 0 atom stereocenters. The van der Waals surface area contributed by atoms with E-state index in [9.17, 15) is 13.6 Å². The topological polar surface area (TPSA) is 74.5 Å². The van der Waals surface area contributed by atoms with Crippen molar-refractivity contribution < 1.29 is 13.6 Å². The van der Waals surface area contributed by atoms with Crippen molar-refractivity contribution >= 4 is 11.7 Å². The van der Waals surface area contributed by atoms with Gasteiger partial charge in [0.2, 0.25) is 5.91 Å². The molecule has 0 aromatic carbocycles. The first-order chi connectivity index (χ1) is 10.5. The Morgan fingerprint density at radius 3 is 2.64 bits per heavy atom. The molecular formula is C14H21F2N5O. The van der Waals surface area contributed by atoms with Gasteiger partial charge < -0.3 is 16.0 Å². The normalized spacial score (nSPS) is 16.6. The predicted molar refractivity (Wildman–Crippen MR) is 79.9 cm³/mol. The van der Waals surface area contributed by atoms with Crippen LogP contribution in [0.5, 0.6) is 0 Å². The maximum atomic E-state index is 13.0. The van der Waals surface area contributed by atoms with Crippen LogP contribution in [0.3, 0.4) is 0 Å². The molecule has 1 amide bonds. The number of anilines is 1. The molecule has 0 radical (unpaired) electrons. The average Bonchev–Trinajstić information content (AvgIpc) is 2.55. The van der Waals surface area contributed by atoms with E-state index in [-0.39, 0.29) is 6.54 Å². The fraction of sp³-hybridized carbons (Fsp3) is 0.571. The molecule has 0 saturated carbocycles. The number of piperazine rings is 1. The van der Waals surface area contributed by atoms with Crippen molar-refractivity contribution in [3.63, 3.8) is 0 Å². The van der Waals surface area contributed by atoms with Gasteiger partial charge in [0.1, 0.15) is 5.82 Å². The van der Waals surface area contributed by atoms with E-state index in [4.69, 9.17) is 5.73 Å². The maximum Gasteiger partial charge on any atom is 0.277 e. The summed E-state index contributed by atoms with van der Waals surface area (Å²) >= 11 is 0. The molecule has 2 heterocycles. The monoisotopic (exact) mass is 313 g/mol. The third kappa shape index (κ3) is 4.88. The lowest BCUT2D eigenvalue weighted by atomic mass is 10.3. The van der Waals surface area contributed by atoms with E-state index in [1.165, 1.54) is 0 Å². The minimum Gasteiger partial charge on any atom is -0.354 e. The van der Waals surface area contributed by atoms with Crippen LogP contribution in [-0.2, 0) is 4.79 Å². The second-order valence-corrected chi connectivity index (χ2v) is 5.29. The van der Waals surface area contributed by atoms with E-state index in [1.54, 1.807) is 6.20 Å². The molecule has 1 fully saturated rings. The van der Waals surface area contributed by atoms with Crippen LogP contribution in [0.2, 0.25) is 0 Å². The van der Waals surface area contributed by atoms with E-state index < -0.39 is 24.9 Å². The van der Waals surface area contributed by atoms with Gasteiger partial charge in [-0.2, -0.15) is 0 Å². The molecule has 2 rings (SSSR count). The number of halogens is 2. The number of nitrogens with one attached hydrogen (secondary N) is 1. The number of hydrogen-bond acceptors (Lipinski definition) is 5. The number of nitrogens with zero attached hydrogens (tertiary/aromatic N) is 3. The van der Waals surface area contributed by atoms with Crippen LogP contribution < -0.4 is 16.0 Å². The van der Waals surface area contributed by atoms with Crippen LogP contribution in [0.1, 0.15) is 0 Å². The van der Waals surface area contributed by atoms with Crippen LogP contribution in [0.25, 0.3) is 0 Å². The van der Waals surface area contributed by atoms with Gasteiger partial charge in [0, 0.05) is 32.4 Å². The highest BCUT2D eigenvalue weighted by Gasteiger charge is 2.27. The lowest BCUT2D eigenvalue weighted by molar-refractivity contribution is -0.124. The van der Waals surface area contributed by atoms with Crippen molar-refractivity contribution in [2.24, 2.45) is 5.73 Å². The van der Waals surface area contributed by atoms with Crippen LogP contribution in [0, 0.1) is 0 Å². The summed E-state index contributed by atoms with van der Waals surface area (Å²) in [5, 5.41) is 2.23. The van der Waals surface area contributed by atoms with E-state index in [0.717, 1.165) is 18.9 Å². The Bertz CT molecular complexity index is 477. The molecule has 1 aromatic heterocycles. The second kappa shape index (κ2) is 7.46. The Kier molecular flexibility index (Phi) is 5.62. The molecule has 0 spiro atoms. The Morgan fingerprint density at radius 1 is 1.32 bits per heavy atom. The van der Waals surface area contributed by atoms with Gasteiger partial charge in [-0.25, -0.2) is 13.8 Å². The Hall–Kier alpha value is -1.80. The molecular weight excluding hydrogens is 292 g/mol. The average molecular weight is 313 g/mol. The third-order valence-electron chi connectivity index (χ3n) is 3.56. The zero-order chi connectivity index (χ0) is 16.0. The number of alkyl halides is 2. The first-order valence-corrected chi connectivity index (χ1v) is 7.23. The highest BCUT2D eigenvalue weighted by Crippen LogP contribution is 2.12. The summed E-state index contributed by atoms with van der Waals surface area (Å²) in [6.45, 7) is 1.53. The number of amides is 1. The lowest BCUT2D eigenvalue weighted by Crippen LogP contribution is -2.51. The van der Waals surface area contributed by atoms with Crippen molar-refractivity contribution in [1.29, 1.82) is 0 Å². The third-order valence-corrected chi connectivity index (χ3v) is 3.56. The van der Waals surface area contributed by atoms with Crippen LogP contribution >= 0.6 is 0 Å². The fourth-order valence-corrected chi connectivity index (χ4v) is 2.23. The molecule has 1 aromatic rings. The molecule has 1 saturated heterocycles. The molecule has 22 heavy (non-hydrogen) atoms. The Labute approximate surface area is 128 Å². The largest absolute Gasteiger partial charge is 0.354 e. The number of carbonyl (C=O) groups excluding carboxylic acids is 1. The van der Waals surface area contributed by atoms with E-state index in [2.05, 4.69) is 15.2 Å². The number of aromatic nitrogens is 1. The molecule has 0 bridgehead atoms. The van der Waals surface area contributed by atoms with Crippen LogP contribution in [-0.4, -0.2) is 67.5 Å². The SMILES string of the molecule is NCC(F)(F)CNC(=O)CN1CCN(c2ccccn2)CC1. The van der Waals surface area contributed by atoms with E-state index >= 15 is 0 Å². The minimum absolute atomic E-state index is 0.122. The second-order valence-electron chi connectivity index (χ2n) is 5.29. The number of nitrogens with two attached hydrogens (primary N) is 1. The van der Waals surface area contributed by atoms with Crippen molar-refractivity contribution in [3.8, 4) is 0 Å².